The molecule has 0 spiro atoms. The van der Waals surface area contributed by atoms with Crippen molar-refractivity contribution in [3.8, 4) is 0 Å². The van der Waals surface area contributed by atoms with Crippen LogP contribution in [0.15, 0.2) is 11.8 Å². The van der Waals surface area contributed by atoms with Crippen molar-refractivity contribution < 1.29 is 9.84 Å². The highest BCUT2D eigenvalue weighted by atomic mass is 16.5. The third-order valence-corrected chi connectivity index (χ3v) is 2.06. The van der Waals surface area contributed by atoms with Crippen molar-refractivity contribution >= 4 is 0 Å². The Morgan fingerprint density at radius 2 is 2.54 bits per heavy atom. The van der Waals surface area contributed by atoms with Crippen LogP contribution >= 0.6 is 0 Å². The van der Waals surface area contributed by atoms with Crippen LogP contribution in [-0.4, -0.2) is 30.9 Å². The largest absolute Gasteiger partial charge is 0.495 e. The van der Waals surface area contributed by atoms with Crippen molar-refractivity contribution in [2.75, 3.05) is 19.7 Å². The molecule has 3 heteroatoms. The van der Waals surface area contributed by atoms with Gasteiger partial charge in [-0.05, 0) is 31.9 Å². The van der Waals surface area contributed by atoms with Gasteiger partial charge in [-0.1, -0.05) is 6.92 Å². The number of aliphatic hydroxyl groups is 1. The SMILES string of the molecule is CCCNCC(O)C1=CCCCO1. The highest BCUT2D eigenvalue weighted by Gasteiger charge is 2.13. The van der Waals surface area contributed by atoms with E-state index >= 15 is 0 Å². The monoisotopic (exact) mass is 185 g/mol. The van der Waals surface area contributed by atoms with Gasteiger partial charge < -0.3 is 15.2 Å². The first-order valence-corrected chi connectivity index (χ1v) is 5.06. The van der Waals surface area contributed by atoms with E-state index in [1.54, 1.807) is 0 Å². The van der Waals surface area contributed by atoms with Gasteiger partial charge in [0, 0.05) is 6.54 Å². The van der Waals surface area contributed by atoms with E-state index in [1.807, 2.05) is 6.08 Å². The fourth-order valence-electron chi connectivity index (χ4n) is 1.32. The zero-order valence-electron chi connectivity index (χ0n) is 8.25. The van der Waals surface area contributed by atoms with E-state index in [4.69, 9.17) is 4.74 Å². The molecule has 0 saturated carbocycles. The molecule has 1 aliphatic rings. The molecule has 0 fully saturated rings. The molecule has 13 heavy (non-hydrogen) atoms. The Morgan fingerprint density at radius 1 is 1.69 bits per heavy atom. The van der Waals surface area contributed by atoms with Crippen LogP contribution in [0.4, 0.5) is 0 Å². The summed E-state index contributed by atoms with van der Waals surface area (Å²) in [6, 6.07) is 0. The molecule has 0 radical (unpaired) electrons. The van der Waals surface area contributed by atoms with Crippen molar-refractivity contribution in [1.29, 1.82) is 0 Å². The molecule has 0 amide bonds. The number of hydrogen-bond acceptors (Lipinski definition) is 3. The van der Waals surface area contributed by atoms with Crippen LogP contribution in [-0.2, 0) is 4.74 Å². The molecule has 0 aliphatic carbocycles. The van der Waals surface area contributed by atoms with Gasteiger partial charge in [0.15, 0.2) is 0 Å². The van der Waals surface area contributed by atoms with Crippen LogP contribution in [0, 0.1) is 0 Å². The first-order valence-electron chi connectivity index (χ1n) is 5.06. The number of ether oxygens (including phenoxy) is 1. The van der Waals surface area contributed by atoms with E-state index < -0.39 is 6.10 Å². The van der Waals surface area contributed by atoms with E-state index in [9.17, 15) is 5.11 Å². The summed E-state index contributed by atoms with van der Waals surface area (Å²) in [7, 11) is 0. The van der Waals surface area contributed by atoms with Crippen molar-refractivity contribution in [3.05, 3.63) is 11.8 Å². The highest BCUT2D eigenvalue weighted by molar-refractivity contribution is 5.02. The fourth-order valence-corrected chi connectivity index (χ4v) is 1.32. The molecule has 1 heterocycles. The summed E-state index contributed by atoms with van der Waals surface area (Å²) in [5.41, 5.74) is 0. The summed E-state index contributed by atoms with van der Waals surface area (Å²) in [6.07, 6.45) is 4.71. The lowest BCUT2D eigenvalue weighted by atomic mass is 10.2. The van der Waals surface area contributed by atoms with Gasteiger partial charge >= 0.3 is 0 Å². The lowest BCUT2D eigenvalue weighted by Gasteiger charge is -2.19. The normalized spacial score (nSPS) is 19.1. The third kappa shape index (κ3) is 3.79. The van der Waals surface area contributed by atoms with E-state index in [0.717, 1.165) is 38.2 Å². The molecule has 3 nitrogen and oxygen atoms in total. The van der Waals surface area contributed by atoms with Gasteiger partial charge in [-0.15, -0.1) is 0 Å². The summed E-state index contributed by atoms with van der Waals surface area (Å²) in [6.45, 7) is 4.40. The van der Waals surface area contributed by atoms with Gasteiger partial charge in [0.05, 0.1) is 6.61 Å². The number of hydrogen-bond donors (Lipinski definition) is 2. The maximum absolute atomic E-state index is 9.64. The van der Waals surface area contributed by atoms with Gasteiger partial charge in [0.1, 0.15) is 11.9 Å². The van der Waals surface area contributed by atoms with Gasteiger partial charge in [-0.25, -0.2) is 0 Å². The fraction of sp³-hybridized carbons (Fsp3) is 0.800. The van der Waals surface area contributed by atoms with Gasteiger partial charge in [-0.2, -0.15) is 0 Å². The lowest BCUT2D eigenvalue weighted by molar-refractivity contribution is 0.0912. The van der Waals surface area contributed by atoms with E-state index in [0.29, 0.717) is 6.54 Å². The van der Waals surface area contributed by atoms with E-state index in [-0.39, 0.29) is 0 Å². The second-order valence-electron chi connectivity index (χ2n) is 3.32. The second-order valence-corrected chi connectivity index (χ2v) is 3.32. The Hall–Kier alpha value is -0.540. The number of aliphatic hydroxyl groups excluding tert-OH is 1. The number of rotatable bonds is 5. The van der Waals surface area contributed by atoms with E-state index in [2.05, 4.69) is 12.2 Å². The molecule has 0 aromatic carbocycles. The molecule has 1 rings (SSSR count). The summed E-state index contributed by atoms with van der Waals surface area (Å²) in [5.74, 6) is 0.745. The Balaban J connectivity index is 2.21. The van der Waals surface area contributed by atoms with Crippen LogP contribution < -0.4 is 5.32 Å². The topological polar surface area (TPSA) is 41.5 Å². The van der Waals surface area contributed by atoms with Crippen molar-refractivity contribution in [3.63, 3.8) is 0 Å². The Bertz CT molecular complexity index is 168. The number of allylic oxidation sites excluding steroid dienone is 1. The van der Waals surface area contributed by atoms with Gasteiger partial charge in [0.25, 0.3) is 0 Å². The third-order valence-electron chi connectivity index (χ3n) is 2.06. The van der Waals surface area contributed by atoms with Crippen LogP contribution in [0.2, 0.25) is 0 Å². The standard InChI is InChI=1S/C10H19NO2/c1-2-6-11-8-9(12)10-5-3-4-7-13-10/h5,9,11-12H,2-4,6-8H2,1H3. The molecule has 1 atom stereocenters. The predicted octanol–water partition coefficient (Wildman–Crippen LogP) is 1.04. The summed E-state index contributed by atoms with van der Waals surface area (Å²) < 4.78 is 5.34. The summed E-state index contributed by atoms with van der Waals surface area (Å²) in [4.78, 5) is 0. The first kappa shape index (κ1) is 10.5. The molecular formula is C10H19NO2. The minimum absolute atomic E-state index is 0.466. The van der Waals surface area contributed by atoms with Crippen LogP contribution in [0.5, 0.6) is 0 Å². The molecule has 0 bridgehead atoms. The van der Waals surface area contributed by atoms with Crippen LogP contribution in [0.1, 0.15) is 26.2 Å². The molecule has 1 unspecified atom stereocenters. The van der Waals surface area contributed by atoms with Crippen molar-refractivity contribution in [1.82, 2.24) is 5.32 Å². The van der Waals surface area contributed by atoms with Crippen molar-refractivity contribution in [2.45, 2.75) is 32.3 Å². The maximum atomic E-state index is 9.64. The molecule has 76 valence electrons. The van der Waals surface area contributed by atoms with Crippen molar-refractivity contribution in [2.24, 2.45) is 0 Å². The molecule has 2 N–H and O–H groups in total. The molecule has 0 aromatic heterocycles. The zero-order chi connectivity index (χ0) is 9.52. The maximum Gasteiger partial charge on any atom is 0.123 e. The Morgan fingerprint density at radius 3 is 3.15 bits per heavy atom. The smallest absolute Gasteiger partial charge is 0.123 e. The Kier molecular flexibility index (Phi) is 4.86. The second kappa shape index (κ2) is 6.00. The minimum atomic E-state index is -0.466. The zero-order valence-corrected chi connectivity index (χ0v) is 8.25. The first-order chi connectivity index (χ1) is 6.34. The average molecular weight is 185 g/mol. The lowest BCUT2D eigenvalue weighted by Crippen LogP contribution is -2.30. The Labute approximate surface area is 79.8 Å². The van der Waals surface area contributed by atoms with E-state index in [1.165, 1.54) is 0 Å². The number of nitrogens with one attached hydrogen (secondary N) is 1. The van der Waals surface area contributed by atoms with Crippen LogP contribution in [0.3, 0.4) is 0 Å². The molecule has 1 aliphatic heterocycles. The highest BCUT2D eigenvalue weighted by Crippen LogP contribution is 2.12. The van der Waals surface area contributed by atoms with Crippen LogP contribution in [0.25, 0.3) is 0 Å². The minimum Gasteiger partial charge on any atom is -0.495 e. The quantitative estimate of drug-likeness (QED) is 0.629. The summed E-state index contributed by atoms with van der Waals surface area (Å²) in [5, 5.41) is 12.8. The van der Waals surface area contributed by atoms with Gasteiger partial charge in [0.2, 0.25) is 0 Å². The average Bonchev–Trinajstić information content (AvgIpc) is 2.19. The molecule has 0 saturated heterocycles. The summed E-state index contributed by atoms with van der Waals surface area (Å²) >= 11 is 0. The predicted molar refractivity (Wildman–Crippen MR) is 52.4 cm³/mol. The molecular weight excluding hydrogens is 166 g/mol. The van der Waals surface area contributed by atoms with Gasteiger partial charge in [-0.3, -0.25) is 0 Å². The molecule has 0 aromatic rings.